The lowest BCUT2D eigenvalue weighted by Crippen LogP contribution is -2.63. The number of carbonyl (C=O) groups excluding carboxylic acids is 1. The Hall–Kier alpha value is -0.370. The van der Waals surface area contributed by atoms with E-state index in [2.05, 4.69) is 20.8 Å². The summed E-state index contributed by atoms with van der Waals surface area (Å²) in [5.41, 5.74) is 0.133. The molecule has 0 radical (unpaired) electrons. The van der Waals surface area contributed by atoms with Crippen LogP contribution in [0.15, 0.2) is 0 Å². The van der Waals surface area contributed by atoms with E-state index in [0.717, 1.165) is 6.42 Å². The molecule has 12 heavy (non-hydrogen) atoms. The van der Waals surface area contributed by atoms with Crippen molar-refractivity contribution in [1.82, 2.24) is 0 Å². The number of epoxide rings is 1. The molecule has 2 heteroatoms. The second-order valence-electron chi connectivity index (χ2n) is 5.24. The van der Waals surface area contributed by atoms with Gasteiger partial charge in [0.05, 0.1) is 12.0 Å². The minimum Gasteiger partial charge on any atom is -0.366 e. The van der Waals surface area contributed by atoms with E-state index >= 15 is 0 Å². The second kappa shape index (κ2) is 1.50. The lowest BCUT2D eigenvalue weighted by molar-refractivity contribution is -0.161. The number of ether oxygens (including phenoxy) is 1. The smallest absolute Gasteiger partial charge is 0.143 e. The molecule has 4 aliphatic rings. The fourth-order valence-electron chi connectivity index (χ4n) is 3.50. The zero-order valence-corrected chi connectivity index (χ0v) is 7.76. The van der Waals surface area contributed by atoms with Crippen LogP contribution in [0.25, 0.3) is 0 Å². The normalized spacial score (nSPS) is 58.9. The maximum Gasteiger partial charge on any atom is 0.143 e. The Morgan fingerprint density at radius 3 is 2.50 bits per heavy atom. The minimum absolute atomic E-state index is 0.0741. The Morgan fingerprint density at radius 1 is 1.42 bits per heavy atom. The predicted octanol–water partition coefficient (Wildman–Crippen LogP) is 1.39. The highest BCUT2D eigenvalue weighted by Gasteiger charge is 2.77. The van der Waals surface area contributed by atoms with E-state index in [1.165, 1.54) is 0 Å². The summed E-state index contributed by atoms with van der Waals surface area (Å²) < 4.78 is 5.60. The van der Waals surface area contributed by atoms with Crippen molar-refractivity contribution in [3.8, 4) is 0 Å². The molecule has 1 heterocycles. The second-order valence-corrected chi connectivity index (χ2v) is 5.24. The molecule has 1 aliphatic heterocycles. The quantitative estimate of drug-likeness (QED) is 0.509. The zero-order valence-electron chi connectivity index (χ0n) is 7.76. The van der Waals surface area contributed by atoms with Crippen molar-refractivity contribution in [2.24, 2.45) is 17.3 Å². The van der Waals surface area contributed by atoms with Crippen molar-refractivity contribution < 1.29 is 9.53 Å². The Kier molecular flexibility index (Phi) is 0.885. The van der Waals surface area contributed by atoms with Gasteiger partial charge in [-0.25, -0.2) is 0 Å². The minimum atomic E-state index is -0.0741. The van der Waals surface area contributed by atoms with E-state index < -0.39 is 0 Å². The summed E-state index contributed by atoms with van der Waals surface area (Å²) >= 11 is 0. The van der Waals surface area contributed by atoms with E-state index in [4.69, 9.17) is 4.74 Å². The van der Waals surface area contributed by atoms with Gasteiger partial charge in [0.1, 0.15) is 11.4 Å². The van der Waals surface area contributed by atoms with Crippen molar-refractivity contribution in [3.63, 3.8) is 0 Å². The first-order chi connectivity index (χ1) is 5.48. The highest BCUT2D eigenvalue weighted by molar-refractivity contribution is 5.94. The number of carbonyl (C=O) groups is 1. The molecule has 3 saturated carbocycles. The average Bonchev–Trinajstić information content (AvgIpc) is 2.58. The number of hydrogen-bond acceptors (Lipinski definition) is 2. The van der Waals surface area contributed by atoms with Gasteiger partial charge in [0, 0.05) is 5.92 Å². The number of hydrogen-bond donors (Lipinski definition) is 0. The van der Waals surface area contributed by atoms with Gasteiger partial charge >= 0.3 is 0 Å². The van der Waals surface area contributed by atoms with Gasteiger partial charge in [-0.05, 0) is 18.8 Å². The third-order valence-corrected chi connectivity index (χ3v) is 4.27. The summed E-state index contributed by atoms with van der Waals surface area (Å²) in [5.74, 6) is 0.938. The van der Waals surface area contributed by atoms with Crippen molar-refractivity contribution in [2.75, 3.05) is 0 Å². The fraction of sp³-hybridized carbons (Fsp3) is 0.900. The summed E-state index contributed by atoms with van der Waals surface area (Å²) in [7, 11) is 0. The molecule has 0 aromatic heterocycles. The van der Waals surface area contributed by atoms with Crippen LogP contribution in [0.1, 0.15) is 27.2 Å². The standard InChI is InChI=1S/C10H14O2/c1-9(2)5-4-6-10(3,12-6)8(9)7(5)11/h5-6,8H,4H2,1-3H3/t5-,6-,8+,10-/m0/s1. The molecule has 0 spiro atoms. The molecule has 4 rings (SSSR count). The Morgan fingerprint density at radius 2 is 2.08 bits per heavy atom. The maximum atomic E-state index is 11.6. The Bertz CT molecular complexity index is 277. The SMILES string of the molecule is CC1(C)[C@H]2C(=O)[C@@H]1C[C@@H]1O[C@@]12C. The van der Waals surface area contributed by atoms with Gasteiger partial charge in [0.15, 0.2) is 0 Å². The molecule has 0 aromatic rings. The molecule has 0 unspecified atom stereocenters. The van der Waals surface area contributed by atoms with Crippen LogP contribution in [-0.2, 0) is 9.53 Å². The van der Waals surface area contributed by atoms with Crippen LogP contribution in [0.5, 0.6) is 0 Å². The molecule has 0 amide bonds. The van der Waals surface area contributed by atoms with Gasteiger partial charge in [0.2, 0.25) is 0 Å². The molecular formula is C10H14O2. The van der Waals surface area contributed by atoms with Gasteiger partial charge in [-0.15, -0.1) is 0 Å². The summed E-state index contributed by atoms with van der Waals surface area (Å²) in [4.78, 5) is 11.6. The van der Waals surface area contributed by atoms with Crippen LogP contribution in [-0.4, -0.2) is 17.5 Å². The fourth-order valence-corrected chi connectivity index (χ4v) is 3.50. The van der Waals surface area contributed by atoms with Crippen molar-refractivity contribution in [2.45, 2.75) is 38.9 Å². The molecule has 4 atom stereocenters. The van der Waals surface area contributed by atoms with Gasteiger partial charge in [-0.2, -0.15) is 0 Å². The van der Waals surface area contributed by atoms with E-state index in [1.54, 1.807) is 0 Å². The van der Waals surface area contributed by atoms with Crippen molar-refractivity contribution in [3.05, 3.63) is 0 Å². The highest BCUT2D eigenvalue weighted by atomic mass is 16.6. The first-order valence-electron chi connectivity index (χ1n) is 4.69. The Balaban J connectivity index is 2.06. The summed E-state index contributed by atoms with van der Waals surface area (Å²) in [6, 6.07) is 0. The third kappa shape index (κ3) is 0.481. The number of Topliss-reactive ketones (excluding diaryl/α,β-unsaturated/α-hetero) is 1. The van der Waals surface area contributed by atoms with Crippen LogP contribution >= 0.6 is 0 Å². The molecule has 4 fully saturated rings. The summed E-state index contributed by atoms with van der Waals surface area (Å²) in [5, 5.41) is 0. The van der Waals surface area contributed by atoms with Gasteiger partial charge in [-0.1, -0.05) is 13.8 Å². The van der Waals surface area contributed by atoms with Crippen molar-refractivity contribution in [1.29, 1.82) is 0 Å². The van der Waals surface area contributed by atoms with Crippen LogP contribution < -0.4 is 0 Å². The molecule has 2 nitrogen and oxygen atoms in total. The van der Waals surface area contributed by atoms with E-state index in [-0.39, 0.29) is 16.9 Å². The first-order valence-corrected chi connectivity index (χ1v) is 4.69. The van der Waals surface area contributed by atoms with Crippen molar-refractivity contribution >= 4 is 5.78 Å². The lowest BCUT2D eigenvalue weighted by Gasteiger charge is -2.55. The molecule has 0 N–H and O–H groups in total. The van der Waals surface area contributed by atoms with Crippen LogP contribution in [0, 0.1) is 17.3 Å². The van der Waals surface area contributed by atoms with E-state index in [0.29, 0.717) is 17.8 Å². The van der Waals surface area contributed by atoms with Crippen LogP contribution in [0.2, 0.25) is 0 Å². The largest absolute Gasteiger partial charge is 0.366 e. The first kappa shape index (κ1) is 7.07. The van der Waals surface area contributed by atoms with Crippen LogP contribution in [0.4, 0.5) is 0 Å². The monoisotopic (exact) mass is 166 g/mol. The number of ketones is 1. The molecule has 3 aliphatic carbocycles. The predicted molar refractivity (Wildman–Crippen MR) is 43.7 cm³/mol. The Labute approximate surface area is 72.3 Å². The van der Waals surface area contributed by atoms with Gasteiger partial charge < -0.3 is 4.74 Å². The summed E-state index contributed by atoms with van der Waals surface area (Å²) in [6.07, 6.45) is 1.37. The van der Waals surface area contributed by atoms with E-state index in [1.807, 2.05) is 0 Å². The summed E-state index contributed by atoms with van der Waals surface area (Å²) in [6.45, 7) is 6.50. The van der Waals surface area contributed by atoms with E-state index in [9.17, 15) is 4.79 Å². The zero-order chi connectivity index (χ0) is 8.72. The van der Waals surface area contributed by atoms with Gasteiger partial charge in [0.25, 0.3) is 0 Å². The molecular weight excluding hydrogens is 152 g/mol. The lowest BCUT2D eigenvalue weighted by atomic mass is 9.45. The topological polar surface area (TPSA) is 29.6 Å². The average molecular weight is 166 g/mol. The number of rotatable bonds is 0. The third-order valence-electron chi connectivity index (χ3n) is 4.27. The van der Waals surface area contributed by atoms with Crippen LogP contribution in [0.3, 0.4) is 0 Å². The maximum absolute atomic E-state index is 11.6. The molecule has 66 valence electrons. The highest BCUT2D eigenvalue weighted by Crippen LogP contribution is 2.68. The van der Waals surface area contributed by atoms with Gasteiger partial charge in [-0.3, -0.25) is 4.79 Å². The molecule has 0 aromatic carbocycles. The molecule has 2 bridgehead atoms. The molecule has 1 saturated heterocycles.